The van der Waals surface area contributed by atoms with E-state index in [1.165, 1.54) is 6.07 Å². The SMILES string of the molecule is Cc1ccc(Cc2cc(C[SH](=O)=O)cc(C(N)=O)c2)cn1. The summed E-state index contributed by atoms with van der Waals surface area (Å²) >= 11 is 0. The summed E-state index contributed by atoms with van der Waals surface area (Å²) in [7, 11) is -2.55. The Hall–Kier alpha value is -2.21. The van der Waals surface area contributed by atoms with Crippen LogP contribution in [0.1, 0.15) is 32.7 Å². The van der Waals surface area contributed by atoms with Crippen molar-refractivity contribution in [3.05, 3.63) is 64.5 Å². The van der Waals surface area contributed by atoms with Crippen LogP contribution >= 0.6 is 0 Å². The molecule has 0 saturated carbocycles. The van der Waals surface area contributed by atoms with Gasteiger partial charge in [-0.3, -0.25) is 9.78 Å². The zero-order valence-electron chi connectivity index (χ0n) is 11.6. The highest BCUT2D eigenvalue weighted by Crippen LogP contribution is 2.15. The minimum Gasteiger partial charge on any atom is -0.366 e. The highest BCUT2D eigenvalue weighted by atomic mass is 32.2. The van der Waals surface area contributed by atoms with Crippen molar-refractivity contribution >= 4 is 16.6 Å². The first-order valence-corrected chi connectivity index (χ1v) is 7.76. The Kier molecular flexibility index (Phi) is 4.70. The monoisotopic (exact) mass is 304 g/mol. The minimum absolute atomic E-state index is 0.102. The maximum absolute atomic E-state index is 11.3. The lowest BCUT2D eigenvalue weighted by atomic mass is 10.0. The molecule has 0 radical (unpaired) electrons. The van der Waals surface area contributed by atoms with Crippen LogP contribution in [0, 0.1) is 6.92 Å². The van der Waals surface area contributed by atoms with E-state index in [2.05, 4.69) is 4.98 Å². The van der Waals surface area contributed by atoms with Crippen molar-refractivity contribution in [2.45, 2.75) is 19.1 Å². The van der Waals surface area contributed by atoms with Crippen molar-refractivity contribution in [2.75, 3.05) is 0 Å². The van der Waals surface area contributed by atoms with Gasteiger partial charge in [-0.1, -0.05) is 12.1 Å². The van der Waals surface area contributed by atoms with Crippen LogP contribution in [0.15, 0.2) is 36.5 Å². The average Bonchev–Trinajstić information content (AvgIpc) is 2.40. The second kappa shape index (κ2) is 6.49. The Labute approximate surface area is 124 Å². The van der Waals surface area contributed by atoms with Crippen LogP contribution in [0.2, 0.25) is 0 Å². The van der Waals surface area contributed by atoms with Crippen LogP contribution < -0.4 is 5.73 Å². The predicted octanol–water partition coefficient (Wildman–Crippen LogP) is 1.19. The molecule has 1 heterocycles. The molecule has 2 aromatic rings. The number of nitrogens with zero attached hydrogens (tertiary/aromatic N) is 1. The molecule has 0 aliphatic carbocycles. The van der Waals surface area contributed by atoms with E-state index in [9.17, 15) is 13.2 Å². The molecule has 0 aliphatic rings. The summed E-state index contributed by atoms with van der Waals surface area (Å²) in [6, 6.07) is 8.83. The summed E-state index contributed by atoms with van der Waals surface area (Å²) in [5.74, 6) is -0.670. The van der Waals surface area contributed by atoms with Gasteiger partial charge in [-0.2, -0.15) is 0 Å². The van der Waals surface area contributed by atoms with E-state index < -0.39 is 16.6 Å². The molecule has 0 unspecified atom stereocenters. The first-order chi connectivity index (χ1) is 9.94. The van der Waals surface area contributed by atoms with Crippen LogP contribution in [0.5, 0.6) is 0 Å². The number of amides is 1. The number of hydrogen-bond acceptors (Lipinski definition) is 4. The van der Waals surface area contributed by atoms with E-state index in [-0.39, 0.29) is 5.75 Å². The predicted molar refractivity (Wildman–Crippen MR) is 80.8 cm³/mol. The van der Waals surface area contributed by atoms with Crippen molar-refractivity contribution in [2.24, 2.45) is 5.73 Å². The quantitative estimate of drug-likeness (QED) is 0.812. The van der Waals surface area contributed by atoms with Gasteiger partial charge in [0, 0.05) is 17.5 Å². The highest BCUT2D eigenvalue weighted by molar-refractivity contribution is 7.71. The first kappa shape index (κ1) is 15.2. The number of nitrogens with two attached hydrogens (primary N) is 1. The molecule has 0 spiro atoms. The zero-order chi connectivity index (χ0) is 15.4. The summed E-state index contributed by atoms with van der Waals surface area (Å²) in [6.07, 6.45) is 2.33. The summed E-state index contributed by atoms with van der Waals surface area (Å²) < 4.78 is 21.7. The molecule has 0 atom stereocenters. The van der Waals surface area contributed by atoms with Crippen LogP contribution in [-0.2, 0) is 22.9 Å². The number of rotatable bonds is 5. The Bertz CT molecular complexity index is 729. The van der Waals surface area contributed by atoms with E-state index in [4.69, 9.17) is 5.73 Å². The number of carbonyl (C=O) groups is 1. The Morgan fingerprint density at radius 2 is 1.86 bits per heavy atom. The van der Waals surface area contributed by atoms with E-state index in [1.54, 1.807) is 18.3 Å². The third kappa shape index (κ3) is 4.39. The van der Waals surface area contributed by atoms with Gasteiger partial charge in [-0.15, -0.1) is 0 Å². The number of aryl methyl sites for hydroxylation is 1. The van der Waals surface area contributed by atoms with Crippen LogP contribution in [0.3, 0.4) is 0 Å². The van der Waals surface area contributed by atoms with Crippen molar-refractivity contribution in [3.63, 3.8) is 0 Å². The third-order valence-corrected chi connectivity index (χ3v) is 3.65. The molecule has 0 aliphatic heterocycles. The van der Waals surface area contributed by atoms with Gasteiger partial charge in [-0.25, -0.2) is 8.42 Å². The van der Waals surface area contributed by atoms with Crippen molar-refractivity contribution < 1.29 is 13.2 Å². The van der Waals surface area contributed by atoms with Crippen LogP contribution in [0.25, 0.3) is 0 Å². The van der Waals surface area contributed by atoms with E-state index in [1.807, 2.05) is 19.1 Å². The van der Waals surface area contributed by atoms with Gasteiger partial charge in [0.05, 0.1) is 5.75 Å². The molecule has 5 nitrogen and oxygen atoms in total. The fraction of sp³-hybridized carbons (Fsp3) is 0.200. The van der Waals surface area contributed by atoms with Gasteiger partial charge in [-0.05, 0) is 48.2 Å². The molecule has 1 aromatic carbocycles. The molecule has 1 amide bonds. The molecule has 0 fully saturated rings. The summed E-state index contributed by atoms with van der Waals surface area (Å²) in [5.41, 5.74) is 8.93. The standard InChI is InChI=1S/C15H16N2O3S/c1-10-2-3-11(8-17-10)4-12-5-13(9-21(19)20)7-14(6-12)15(16)18/h2-3,5-8,21H,4,9H2,1H3,(H2,16,18). The molecule has 2 N–H and O–H groups in total. The Morgan fingerprint density at radius 3 is 2.43 bits per heavy atom. The zero-order valence-corrected chi connectivity index (χ0v) is 12.5. The molecule has 21 heavy (non-hydrogen) atoms. The molecule has 0 saturated heterocycles. The second-order valence-corrected chi connectivity index (χ2v) is 5.86. The van der Waals surface area contributed by atoms with Crippen LogP contribution in [-0.4, -0.2) is 19.3 Å². The van der Waals surface area contributed by atoms with Gasteiger partial charge < -0.3 is 5.73 Å². The number of hydrogen-bond donors (Lipinski definition) is 2. The third-order valence-electron chi connectivity index (χ3n) is 3.03. The molecule has 1 aromatic heterocycles. The molecule has 110 valence electrons. The fourth-order valence-corrected chi connectivity index (χ4v) is 2.57. The summed E-state index contributed by atoms with van der Waals surface area (Å²) in [5, 5.41) is 0. The number of thiol groups is 1. The average molecular weight is 304 g/mol. The van der Waals surface area contributed by atoms with Crippen molar-refractivity contribution in [3.8, 4) is 0 Å². The number of aromatic nitrogens is 1. The molecular formula is C15H16N2O3S. The largest absolute Gasteiger partial charge is 0.366 e. The smallest absolute Gasteiger partial charge is 0.248 e. The first-order valence-electron chi connectivity index (χ1n) is 6.40. The van der Waals surface area contributed by atoms with Crippen molar-refractivity contribution in [1.82, 2.24) is 4.98 Å². The minimum atomic E-state index is -2.55. The van der Waals surface area contributed by atoms with Gasteiger partial charge in [0.25, 0.3) is 0 Å². The molecule has 6 heteroatoms. The summed E-state index contributed by atoms with van der Waals surface area (Å²) in [4.78, 5) is 15.6. The summed E-state index contributed by atoms with van der Waals surface area (Å²) in [6.45, 7) is 1.90. The lowest BCUT2D eigenvalue weighted by molar-refractivity contribution is 0.1000. The van der Waals surface area contributed by atoms with Gasteiger partial charge in [0.15, 0.2) is 0 Å². The lowest BCUT2D eigenvalue weighted by Crippen LogP contribution is -2.12. The molecule has 2 rings (SSSR count). The number of carbonyl (C=O) groups excluding carboxylic acids is 1. The van der Waals surface area contributed by atoms with Gasteiger partial charge >= 0.3 is 0 Å². The molecular weight excluding hydrogens is 288 g/mol. The van der Waals surface area contributed by atoms with E-state index >= 15 is 0 Å². The van der Waals surface area contributed by atoms with Crippen LogP contribution in [0.4, 0.5) is 0 Å². The lowest BCUT2D eigenvalue weighted by Gasteiger charge is -2.07. The maximum atomic E-state index is 11.3. The Balaban J connectivity index is 2.35. The van der Waals surface area contributed by atoms with Gasteiger partial charge in [0.2, 0.25) is 5.91 Å². The molecule has 0 bridgehead atoms. The van der Waals surface area contributed by atoms with E-state index in [0.717, 1.165) is 16.8 Å². The maximum Gasteiger partial charge on any atom is 0.248 e. The number of pyridine rings is 1. The number of primary amides is 1. The highest BCUT2D eigenvalue weighted by Gasteiger charge is 2.07. The Morgan fingerprint density at radius 1 is 1.14 bits per heavy atom. The topological polar surface area (TPSA) is 90.1 Å². The van der Waals surface area contributed by atoms with Gasteiger partial charge in [0.1, 0.15) is 10.7 Å². The van der Waals surface area contributed by atoms with E-state index in [0.29, 0.717) is 17.5 Å². The second-order valence-electron chi connectivity index (χ2n) is 4.88. The normalized spacial score (nSPS) is 10.8. The number of benzene rings is 1. The fourth-order valence-electron chi connectivity index (χ4n) is 2.09. The van der Waals surface area contributed by atoms with Crippen molar-refractivity contribution in [1.29, 1.82) is 0 Å².